The molecule has 0 heterocycles. The van der Waals surface area contributed by atoms with E-state index in [1.807, 2.05) is 0 Å². The normalized spacial score (nSPS) is 57.4. The highest BCUT2D eigenvalue weighted by Gasteiger charge is 2.75. The highest BCUT2D eigenvalue weighted by atomic mass is 31.2. The van der Waals surface area contributed by atoms with Crippen LogP contribution in [0.15, 0.2) is 0 Å². The molecule has 7 unspecified atom stereocenters. The Morgan fingerprint density at radius 3 is 1.22 bits per heavy atom. The van der Waals surface area contributed by atoms with Gasteiger partial charge in [-0.1, -0.05) is 41.5 Å². The lowest BCUT2D eigenvalue weighted by molar-refractivity contribution is -0.236. The van der Waals surface area contributed by atoms with E-state index in [4.69, 9.17) is 5.50 Å². The fourth-order valence-electron chi connectivity index (χ4n) is 15.8. The Bertz CT molecular complexity index is 1110. The summed E-state index contributed by atoms with van der Waals surface area (Å²) in [6.07, 6.45) is 19.9. The van der Waals surface area contributed by atoms with Crippen molar-refractivity contribution in [3.63, 3.8) is 0 Å². The fourth-order valence-corrected chi connectivity index (χ4v) is 19.0. The minimum Gasteiger partial charge on any atom is -0.271 e. The van der Waals surface area contributed by atoms with E-state index in [0.717, 1.165) is 53.3 Å². The van der Waals surface area contributed by atoms with Crippen molar-refractivity contribution in [1.29, 1.82) is 0 Å². The monoisotopic (exact) mass is 581 g/mol. The molecular formula is C36H60N3OP. The molecule has 230 valence electrons. The maximum atomic E-state index is 16.3. The molecule has 7 atom stereocenters. The summed E-state index contributed by atoms with van der Waals surface area (Å²) in [5.74, 6) is 7.07. The average Bonchev–Trinajstić information content (AvgIpc) is 2.83. The standard InChI is InChI=1S/C36H60N3OP/c1-31(2)28-10-22-7-23(11-28)17-34(31,16-22)38-41(37,40)39(35-18-24-8-25(19-35)13-29(12-24)32(35,3)4)36-20-26-9-27(21-36)15-30(14-26)33(36,5)6/h22-30H,7-21H2,1-6H3,(H3,37,38,40). The minimum absolute atomic E-state index is 0.0472. The van der Waals surface area contributed by atoms with Crippen molar-refractivity contribution in [1.82, 2.24) is 9.76 Å². The smallest absolute Gasteiger partial charge is 0.271 e. The average molecular weight is 582 g/mol. The molecule has 0 radical (unpaired) electrons. The van der Waals surface area contributed by atoms with Crippen LogP contribution < -0.4 is 10.6 Å². The molecule has 12 rings (SSSR count). The van der Waals surface area contributed by atoms with Crippen molar-refractivity contribution in [3.8, 4) is 0 Å². The Balaban J connectivity index is 1.23. The molecule has 5 heteroatoms. The highest BCUT2D eigenvalue weighted by molar-refractivity contribution is 7.57. The predicted molar refractivity (Wildman–Crippen MR) is 167 cm³/mol. The predicted octanol–water partition coefficient (Wildman–Crippen LogP) is 8.76. The summed E-state index contributed by atoms with van der Waals surface area (Å²) in [6.45, 7) is 15.5. The van der Waals surface area contributed by atoms with E-state index >= 15 is 4.57 Å². The Morgan fingerprint density at radius 1 is 0.537 bits per heavy atom. The van der Waals surface area contributed by atoms with Crippen LogP contribution in [-0.4, -0.2) is 21.3 Å². The first-order valence-electron chi connectivity index (χ1n) is 18.1. The van der Waals surface area contributed by atoms with E-state index in [2.05, 4.69) is 51.3 Å². The van der Waals surface area contributed by atoms with Crippen LogP contribution in [0.4, 0.5) is 0 Å². The fraction of sp³-hybridized carbons (Fsp3) is 1.00. The van der Waals surface area contributed by atoms with Crippen molar-refractivity contribution < 1.29 is 4.57 Å². The summed E-state index contributed by atoms with van der Waals surface area (Å²) in [7, 11) is -3.41. The lowest BCUT2D eigenvalue weighted by Gasteiger charge is -2.77. The van der Waals surface area contributed by atoms with E-state index < -0.39 is 7.59 Å². The molecule has 0 aromatic carbocycles. The number of nitrogens with zero attached hydrogens (tertiary/aromatic N) is 1. The lowest BCUT2D eigenvalue weighted by atomic mass is 9.39. The number of nitrogens with two attached hydrogens (primary N) is 1. The minimum atomic E-state index is -3.41. The molecule has 41 heavy (non-hydrogen) atoms. The third kappa shape index (κ3) is 3.19. The van der Waals surface area contributed by atoms with E-state index in [0.29, 0.717) is 0 Å². The lowest BCUT2D eigenvalue weighted by Crippen LogP contribution is -2.80. The van der Waals surface area contributed by atoms with Crippen molar-refractivity contribution in [3.05, 3.63) is 0 Å². The van der Waals surface area contributed by atoms with Crippen LogP contribution in [0.2, 0.25) is 0 Å². The molecule has 0 aromatic rings. The van der Waals surface area contributed by atoms with Gasteiger partial charge in [0.2, 0.25) is 0 Å². The molecule has 3 N–H and O–H groups in total. The first-order chi connectivity index (χ1) is 19.1. The van der Waals surface area contributed by atoms with Gasteiger partial charge in [-0.05, 0) is 166 Å². The van der Waals surface area contributed by atoms with Gasteiger partial charge in [0.05, 0.1) is 0 Å². The van der Waals surface area contributed by atoms with Gasteiger partial charge in [-0.15, -0.1) is 0 Å². The Morgan fingerprint density at radius 2 is 0.854 bits per heavy atom. The van der Waals surface area contributed by atoms with Gasteiger partial charge in [-0.25, -0.2) is 9.76 Å². The molecule has 4 nitrogen and oxygen atoms in total. The summed E-state index contributed by atoms with van der Waals surface area (Å²) < 4.78 is 19.1. The van der Waals surface area contributed by atoms with Crippen LogP contribution in [0.25, 0.3) is 0 Å². The van der Waals surface area contributed by atoms with Crippen molar-refractivity contribution in [2.24, 2.45) is 75.0 Å². The quantitative estimate of drug-likeness (QED) is 0.319. The first kappa shape index (κ1) is 27.4. The van der Waals surface area contributed by atoms with Crippen molar-refractivity contribution >= 4 is 7.59 Å². The Hall–Kier alpha value is 0.110. The van der Waals surface area contributed by atoms with Crippen LogP contribution in [0.3, 0.4) is 0 Å². The SMILES string of the molecule is CC1(C)C2CC3CC(C2)CC1(NP(N)(=O)N(C12CC4CC(CC(C4)C1(C)C)C2)C12CC4CC(CC(C4)C1(C)C)C2)C3. The maximum absolute atomic E-state index is 16.3. The second-order valence-electron chi connectivity index (χ2n) is 20.0. The number of hydrogen-bond acceptors (Lipinski definition) is 1. The van der Waals surface area contributed by atoms with Crippen LogP contribution in [0.1, 0.15) is 138 Å². The molecule has 12 aliphatic carbocycles. The van der Waals surface area contributed by atoms with Crippen LogP contribution in [-0.2, 0) is 4.57 Å². The van der Waals surface area contributed by atoms with Gasteiger partial charge in [0.1, 0.15) is 0 Å². The summed E-state index contributed by atoms with van der Waals surface area (Å²) >= 11 is 0. The van der Waals surface area contributed by atoms with E-state index in [9.17, 15) is 0 Å². The van der Waals surface area contributed by atoms with Gasteiger partial charge in [0.15, 0.2) is 0 Å². The molecule has 12 saturated carbocycles. The molecule has 0 saturated heterocycles. The number of rotatable bonds is 5. The third-order valence-corrected chi connectivity index (χ3v) is 19.8. The summed E-state index contributed by atoms with van der Waals surface area (Å²) in [5, 5.41) is 4.18. The van der Waals surface area contributed by atoms with Gasteiger partial charge in [0, 0.05) is 16.6 Å². The van der Waals surface area contributed by atoms with Gasteiger partial charge in [-0.2, -0.15) is 0 Å². The van der Waals surface area contributed by atoms with Gasteiger partial charge in [0.25, 0.3) is 7.59 Å². The van der Waals surface area contributed by atoms with E-state index in [1.54, 1.807) is 0 Å². The first-order valence-corrected chi connectivity index (χ1v) is 19.8. The second-order valence-corrected chi connectivity index (χ2v) is 21.9. The zero-order chi connectivity index (χ0) is 28.6. The van der Waals surface area contributed by atoms with Crippen LogP contribution in [0.5, 0.6) is 0 Å². The van der Waals surface area contributed by atoms with Crippen LogP contribution >= 0.6 is 7.59 Å². The molecule has 0 amide bonds. The molecule has 0 spiro atoms. The van der Waals surface area contributed by atoms with E-state index in [1.165, 1.54) is 96.3 Å². The molecule has 12 aliphatic rings. The van der Waals surface area contributed by atoms with Crippen molar-refractivity contribution in [2.45, 2.75) is 154 Å². The summed E-state index contributed by atoms with van der Waals surface area (Å²) in [6, 6.07) is 0. The van der Waals surface area contributed by atoms with E-state index in [-0.39, 0.29) is 32.9 Å². The highest BCUT2D eigenvalue weighted by Crippen LogP contribution is 2.77. The Labute approximate surface area is 251 Å². The largest absolute Gasteiger partial charge is 0.280 e. The van der Waals surface area contributed by atoms with Crippen molar-refractivity contribution in [2.75, 3.05) is 0 Å². The van der Waals surface area contributed by atoms with Gasteiger partial charge >= 0.3 is 0 Å². The topological polar surface area (TPSA) is 58.4 Å². The third-order valence-electron chi connectivity index (χ3n) is 17.7. The molecule has 0 aliphatic heterocycles. The second kappa shape index (κ2) is 7.90. The zero-order valence-corrected chi connectivity index (χ0v) is 28.1. The Kier molecular flexibility index (Phi) is 5.29. The number of nitrogens with one attached hydrogen (secondary N) is 1. The summed E-state index contributed by atoms with van der Waals surface area (Å²) in [4.78, 5) is 0. The molecule has 12 bridgehead atoms. The molecular weight excluding hydrogens is 521 g/mol. The summed E-state index contributed by atoms with van der Waals surface area (Å²) in [5.41, 5.74) is 8.02. The molecule has 12 fully saturated rings. The molecule has 0 aromatic heterocycles. The maximum Gasteiger partial charge on any atom is 0.280 e. The van der Waals surface area contributed by atoms with Crippen LogP contribution in [0, 0.1) is 69.5 Å². The van der Waals surface area contributed by atoms with Gasteiger partial charge in [-0.3, -0.25) is 10.1 Å². The number of hydrogen-bond donors (Lipinski definition) is 2. The van der Waals surface area contributed by atoms with Gasteiger partial charge < -0.3 is 0 Å². The zero-order valence-electron chi connectivity index (χ0n) is 27.2.